The summed E-state index contributed by atoms with van der Waals surface area (Å²) in [6, 6.07) is 16.2. The standard InChI is InChI=1S/C20H23N3O2/c1-14-11-12-21-13-18(14)23-20(25)16-9-5-6-10-17(16)22-19(24)15-7-3-2-4-8-15/h2-10,14,18,21H,11-13H2,1H3,(H,22,24)(H,23,25). The molecule has 1 aliphatic rings. The first-order valence-electron chi connectivity index (χ1n) is 8.62. The van der Waals surface area contributed by atoms with Gasteiger partial charge in [0.2, 0.25) is 0 Å². The van der Waals surface area contributed by atoms with Crippen LogP contribution in [-0.2, 0) is 0 Å². The highest BCUT2D eigenvalue weighted by Gasteiger charge is 2.24. The van der Waals surface area contributed by atoms with Crippen LogP contribution in [0.15, 0.2) is 54.6 Å². The predicted molar refractivity (Wildman–Crippen MR) is 98.7 cm³/mol. The molecular weight excluding hydrogens is 314 g/mol. The zero-order chi connectivity index (χ0) is 17.6. The van der Waals surface area contributed by atoms with Gasteiger partial charge in [0, 0.05) is 18.2 Å². The highest BCUT2D eigenvalue weighted by molar-refractivity contribution is 6.09. The second-order valence-electron chi connectivity index (χ2n) is 6.42. The van der Waals surface area contributed by atoms with E-state index in [0.29, 0.717) is 22.7 Å². The fourth-order valence-corrected chi connectivity index (χ4v) is 3.00. The Balaban J connectivity index is 1.74. The van der Waals surface area contributed by atoms with Gasteiger partial charge in [-0.15, -0.1) is 0 Å². The van der Waals surface area contributed by atoms with Gasteiger partial charge >= 0.3 is 0 Å². The van der Waals surface area contributed by atoms with Crippen LogP contribution in [0, 0.1) is 5.92 Å². The van der Waals surface area contributed by atoms with E-state index < -0.39 is 0 Å². The normalized spacial score (nSPS) is 19.9. The lowest BCUT2D eigenvalue weighted by Crippen LogP contribution is -2.50. The van der Waals surface area contributed by atoms with Crippen LogP contribution in [0.2, 0.25) is 0 Å². The van der Waals surface area contributed by atoms with Crippen molar-refractivity contribution in [3.05, 3.63) is 65.7 Å². The Bertz CT molecular complexity index is 746. The van der Waals surface area contributed by atoms with Crippen LogP contribution in [0.25, 0.3) is 0 Å². The van der Waals surface area contributed by atoms with Gasteiger partial charge in [0.15, 0.2) is 0 Å². The van der Waals surface area contributed by atoms with Gasteiger partial charge in [-0.05, 0) is 43.1 Å². The molecule has 2 unspecified atom stereocenters. The van der Waals surface area contributed by atoms with Gasteiger partial charge in [-0.25, -0.2) is 0 Å². The summed E-state index contributed by atoms with van der Waals surface area (Å²) in [4.78, 5) is 25.1. The monoisotopic (exact) mass is 337 g/mol. The number of amides is 2. The molecule has 2 aromatic carbocycles. The van der Waals surface area contributed by atoms with Crippen LogP contribution in [0.4, 0.5) is 5.69 Å². The topological polar surface area (TPSA) is 70.2 Å². The third-order valence-electron chi connectivity index (χ3n) is 4.60. The molecular formula is C20H23N3O2. The van der Waals surface area contributed by atoms with Crippen LogP contribution in [0.3, 0.4) is 0 Å². The SMILES string of the molecule is CC1CCNCC1NC(=O)c1ccccc1NC(=O)c1ccccc1. The Kier molecular flexibility index (Phi) is 5.46. The van der Waals surface area contributed by atoms with E-state index in [1.165, 1.54) is 0 Å². The Morgan fingerprint density at radius 2 is 1.72 bits per heavy atom. The number of carbonyl (C=O) groups is 2. The zero-order valence-corrected chi connectivity index (χ0v) is 14.3. The van der Waals surface area contributed by atoms with Crippen molar-refractivity contribution in [1.29, 1.82) is 0 Å². The average Bonchev–Trinajstić information content (AvgIpc) is 2.64. The van der Waals surface area contributed by atoms with E-state index in [-0.39, 0.29) is 17.9 Å². The maximum Gasteiger partial charge on any atom is 0.255 e. The van der Waals surface area contributed by atoms with Gasteiger partial charge < -0.3 is 16.0 Å². The van der Waals surface area contributed by atoms with Crippen molar-refractivity contribution in [3.8, 4) is 0 Å². The van der Waals surface area contributed by atoms with Gasteiger partial charge in [-0.3, -0.25) is 9.59 Å². The van der Waals surface area contributed by atoms with Gasteiger partial charge in [0.1, 0.15) is 0 Å². The Labute approximate surface area is 147 Å². The van der Waals surface area contributed by atoms with Crippen LogP contribution in [0.5, 0.6) is 0 Å². The zero-order valence-electron chi connectivity index (χ0n) is 14.3. The first-order chi connectivity index (χ1) is 12.1. The molecule has 0 aliphatic carbocycles. The lowest BCUT2D eigenvalue weighted by molar-refractivity contribution is 0.0916. The maximum absolute atomic E-state index is 12.7. The predicted octanol–water partition coefficient (Wildman–Crippen LogP) is 2.67. The van der Waals surface area contributed by atoms with Crippen molar-refractivity contribution in [2.45, 2.75) is 19.4 Å². The second kappa shape index (κ2) is 7.94. The molecule has 3 N–H and O–H groups in total. The summed E-state index contributed by atoms with van der Waals surface area (Å²) in [5.74, 6) is 0.0364. The van der Waals surface area contributed by atoms with E-state index in [2.05, 4.69) is 22.9 Å². The first-order valence-corrected chi connectivity index (χ1v) is 8.62. The van der Waals surface area contributed by atoms with Gasteiger partial charge in [0.25, 0.3) is 11.8 Å². The molecule has 1 fully saturated rings. The number of nitrogens with one attached hydrogen (secondary N) is 3. The summed E-state index contributed by atoms with van der Waals surface area (Å²) in [5, 5.41) is 9.23. The number of para-hydroxylation sites is 1. The molecule has 0 bridgehead atoms. The summed E-state index contributed by atoms with van der Waals surface area (Å²) in [7, 11) is 0. The minimum Gasteiger partial charge on any atom is -0.348 e. The van der Waals surface area contributed by atoms with E-state index in [1.54, 1.807) is 30.3 Å². The van der Waals surface area contributed by atoms with Crippen LogP contribution >= 0.6 is 0 Å². The molecule has 2 aromatic rings. The molecule has 1 saturated heterocycles. The van der Waals surface area contributed by atoms with Crippen LogP contribution in [0.1, 0.15) is 34.1 Å². The van der Waals surface area contributed by atoms with E-state index in [9.17, 15) is 9.59 Å². The van der Waals surface area contributed by atoms with Crippen molar-refractivity contribution >= 4 is 17.5 Å². The third-order valence-corrected chi connectivity index (χ3v) is 4.60. The molecule has 25 heavy (non-hydrogen) atoms. The lowest BCUT2D eigenvalue weighted by atomic mass is 9.94. The van der Waals surface area contributed by atoms with Crippen molar-refractivity contribution in [2.75, 3.05) is 18.4 Å². The number of hydrogen-bond donors (Lipinski definition) is 3. The Morgan fingerprint density at radius 3 is 2.48 bits per heavy atom. The van der Waals surface area contributed by atoms with Gasteiger partial charge in [-0.2, -0.15) is 0 Å². The number of anilines is 1. The molecule has 0 radical (unpaired) electrons. The summed E-state index contributed by atoms with van der Waals surface area (Å²) < 4.78 is 0. The Hall–Kier alpha value is -2.66. The minimum atomic E-state index is -0.228. The number of rotatable bonds is 4. The molecule has 0 aromatic heterocycles. The lowest BCUT2D eigenvalue weighted by Gasteiger charge is -2.30. The molecule has 1 heterocycles. The molecule has 0 saturated carbocycles. The molecule has 2 atom stereocenters. The van der Waals surface area contributed by atoms with Crippen molar-refractivity contribution in [1.82, 2.24) is 10.6 Å². The Morgan fingerprint density at radius 1 is 1.00 bits per heavy atom. The minimum absolute atomic E-state index is 0.0964. The molecule has 3 rings (SSSR count). The van der Waals surface area contributed by atoms with E-state index in [1.807, 2.05) is 24.3 Å². The summed E-state index contributed by atoms with van der Waals surface area (Å²) in [5.41, 5.74) is 1.55. The third kappa shape index (κ3) is 4.25. The van der Waals surface area contributed by atoms with Crippen molar-refractivity contribution in [3.63, 3.8) is 0 Å². The molecule has 5 heteroatoms. The van der Waals surface area contributed by atoms with E-state index in [4.69, 9.17) is 0 Å². The van der Waals surface area contributed by atoms with Crippen molar-refractivity contribution in [2.24, 2.45) is 5.92 Å². The number of piperidine rings is 1. The van der Waals surface area contributed by atoms with Crippen LogP contribution < -0.4 is 16.0 Å². The largest absolute Gasteiger partial charge is 0.348 e. The molecule has 5 nitrogen and oxygen atoms in total. The fraction of sp³-hybridized carbons (Fsp3) is 0.300. The summed E-state index contributed by atoms with van der Waals surface area (Å²) >= 11 is 0. The number of carbonyl (C=O) groups excluding carboxylic acids is 2. The molecule has 2 amide bonds. The van der Waals surface area contributed by atoms with Gasteiger partial charge in [0.05, 0.1) is 11.3 Å². The number of hydrogen-bond acceptors (Lipinski definition) is 3. The molecule has 1 aliphatic heterocycles. The number of benzene rings is 2. The second-order valence-corrected chi connectivity index (χ2v) is 6.42. The molecule has 0 spiro atoms. The summed E-state index contributed by atoms with van der Waals surface area (Å²) in [6.07, 6.45) is 1.04. The average molecular weight is 337 g/mol. The van der Waals surface area contributed by atoms with Crippen LogP contribution in [-0.4, -0.2) is 30.9 Å². The first kappa shape index (κ1) is 17.2. The summed E-state index contributed by atoms with van der Waals surface area (Å²) in [6.45, 7) is 3.90. The maximum atomic E-state index is 12.7. The van der Waals surface area contributed by atoms with E-state index in [0.717, 1.165) is 19.5 Å². The smallest absolute Gasteiger partial charge is 0.255 e. The van der Waals surface area contributed by atoms with E-state index >= 15 is 0 Å². The van der Waals surface area contributed by atoms with Crippen molar-refractivity contribution < 1.29 is 9.59 Å². The highest BCUT2D eigenvalue weighted by atomic mass is 16.2. The fourth-order valence-electron chi connectivity index (χ4n) is 3.00. The highest BCUT2D eigenvalue weighted by Crippen LogP contribution is 2.18. The van der Waals surface area contributed by atoms with Gasteiger partial charge in [-0.1, -0.05) is 37.3 Å². The molecule has 130 valence electrons. The quantitative estimate of drug-likeness (QED) is 0.803.